The minimum atomic E-state index is -0.289. The second-order valence-electron chi connectivity index (χ2n) is 7.58. The lowest BCUT2D eigenvalue weighted by atomic mass is 9.96. The molecule has 154 valence electrons. The highest BCUT2D eigenvalue weighted by molar-refractivity contribution is 5.65. The minimum Gasteiger partial charge on any atom is -0.375 e. The average Bonchev–Trinajstić information content (AvgIpc) is 2.79. The summed E-state index contributed by atoms with van der Waals surface area (Å²) in [6.07, 6.45) is 6.59. The molecule has 1 unspecified atom stereocenters. The van der Waals surface area contributed by atoms with Crippen molar-refractivity contribution in [3.05, 3.63) is 78.8 Å². The summed E-state index contributed by atoms with van der Waals surface area (Å²) in [7, 11) is 0. The van der Waals surface area contributed by atoms with Gasteiger partial charge < -0.3 is 10.2 Å². The van der Waals surface area contributed by atoms with Gasteiger partial charge in [-0.15, -0.1) is 0 Å². The summed E-state index contributed by atoms with van der Waals surface area (Å²) in [4.78, 5) is 16.3. The van der Waals surface area contributed by atoms with Gasteiger partial charge in [0.05, 0.1) is 5.69 Å². The van der Waals surface area contributed by atoms with Crippen LogP contribution in [0, 0.1) is 5.82 Å². The summed E-state index contributed by atoms with van der Waals surface area (Å²) in [6, 6.07) is 12.1. The smallest absolute Gasteiger partial charge is 0.136 e. The summed E-state index contributed by atoms with van der Waals surface area (Å²) >= 11 is 0. The zero-order chi connectivity index (χ0) is 20.9. The van der Waals surface area contributed by atoms with E-state index >= 15 is 0 Å². The Balaban J connectivity index is 1.69. The first kappa shape index (κ1) is 20.0. The highest BCUT2D eigenvalue weighted by Crippen LogP contribution is 2.30. The maximum absolute atomic E-state index is 13.6. The zero-order valence-electron chi connectivity index (χ0n) is 17.2. The summed E-state index contributed by atoms with van der Waals surface area (Å²) in [6.45, 7) is 8.22. The Morgan fingerprint density at radius 1 is 1.23 bits per heavy atom. The predicted octanol–water partition coefficient (Wildman–Crippen LogP) is 5.52. The highest BCUT2D eigenvalue weighted by Gasteiger charge is 2.25. The number of pyridine rings is 1. The van der Waals surface area contributed by atoms with Crippen molar-refractivity contribution in [2.24, 2.45) is 0 Å². The Morgan fingerprint density at radius 3 is 2.90 bits per heavy atom. The number of anilines is 2. The molecule has 1 saturated heterocycles. The Bertz CT molecular complexity index is 1020. The van der Waals surface area contributed by atoms with Gasteiger partial charge in [0, 0.05) is 54.4 Å². The van der Waals surface area contributed by atoms with Crippen molar-refractivity contribution >= 4 is 11.5 Å². The Labute approximate surface area is 176 Å². The van der Waals surface area contributed by atoms with E-state index in [-0.39, 0.29) is 11.7 Å². The second kappa shape index (κ2) is 9.03. The lowest BCUT2D eigenvalue weighted by molar-refractivity contribution is 0.249. The van der Waals surface area contributed by atoms with Gasteiger partial charge in [0.1, 0.15) is 17.5 Å². The number of nitrogens with one attached hydrogen (secondary N) is 1. The molecule has 5 nitrogen and oxygen atoms in total. The monoisotopic (exact) mass is 403 g/mol. The fourth-order valence-electron chi connectivity index (χ4n) is 3.79. The number of benzene rings is 1. The van der Waals surface area contributed by atoms with Crippen LogP contribution >= 0.6 is 0 Å². The Kier molecular flexibility index (Phi) is 6.02. The number of allylic oxidation sites excluding steroid dienone is 1. The normalized spacial score (nSPS) is 16.3. The number of aromatic nitrogens is 3. The molecule has 3 heterocycles. The van der Waals surface area contributed by atoms with Crippen LogP contribution in [0.15, 0.2) is 67.1 Å². The summed E-state index contributed by atoms with van der Waals surface area (Å²) in [5.74, 6) is 1.37. The average molecular weight is 404 g/mol. The van der Waals surface area contributed by atoms with Gasteiger partial charge in [-0.25, -0.2) is 14.4 Å². The van der Waals surface area contributed by atoms with Crippen molar-refractivity contribution in [2.75, 3.05) is 18.4 Å². The number of hydrogen-bond donors (Lipinski definition) is 1. The molecule has 1 aliphatic rings. The standard InChI is InChI=1S/C24H26FN5/c1-3-17(2)30-12-6-8-19(16-30)24-28-22(18-7-5-11-26-15-18)14-23(29-24)27-21-10-4-9-20(25)13-21/h4-5,7,9-11,13-15,19H,2-3,6,8,12,16H2,1H3,(H,27,28,29). The summed E-state index contributed by atoms with van der Waals surface area (Å²) < 4.78 is 13.6. The quantitative estimate of drug-likeness (QED) is 0.587. The maximum Gasteiger partial charge on any atom is 0.136 e. The first-order valence-corrected chi connectivity index (χ1v) is 10.4. The highest BCUT2D eigenvalue weighted by atomic mass is 19.1. The fourth-order valence-corrected chi connectivity index (χ4v) is 3.79. The van der Waals surface area contributed by atoms with Crippen LogP contribution in [0.5, 0.6) is 0 Å². The molecule has 1 aliphatic heterocycles. The number of hydrogen-bond acceptors (Lipinski definition) is 5. The third-order valence-corrected chi connectivity index (χ3v) is 5.44. The molecule has 0 spiro atoms. The predicted molar refractivity (Wildman–Crippen MR) is 118 cm³/mol. The molecule has 1 aromatic carbocycles. The van der Waals surface area contributed by atoms with Crippen LogP contribution in [0.25, 0.3) is 11.3 Å². The van der Waals surface area contributed by atoms with Crippen LogP contribution in [0.1, 0.15) is 37.9 Å². The molecule has 6 heteroatoms. The summed E-state index contributed by atoms with van der Waals surface area (Å²) in [5, 5.41) is 3.24. The van der Waals surface area contributed by atoms with Crippen molar-refractivity contribution < 1.29 is 4.39 Å². The van der Waals surface area contributed by atoms with Gasteiger partial charge in [0.25, 0.3) is 0 Å². The summed E-state index contributed by atoms with van der Waals surface area (Å²) in [5.41, 5.74) is 3.54. The molecule has 30 heavy (non-hydrogen) atoms. The van der Waals surface area contributed by atoms with Crippen LogP contribution < -0.4 is 5.32 Å². The van der Waals surface area contributed by atoms with Gasteiger partial charge in [-0.1, -0.05) is 19.6 Å². The molecule has 1 fully saturated rings. The molecular formula is C24H26FN5. The van der Waals surface area contributed by atoms with E-state index in [1.807, 2.05) is 24.3 Å². The first-order chi connectivity index (χ1) is 14.6. The largest absolute Gasteiger partial charge is 0.375 e. The van der Waals surface area contributed by atoms with E-state index in [4.69, 9.17) is 9.97 Å². The molecule has 1 N–H and O–H groups in total. The third-order valence-electron chi connectivity index (χ3n) is 5.44. The van der Waals surface area contributed by atoms with E-state index in [1.165, 1.54) is 12.1 Å². The van der Waals surface area contributed by atoms with E-state index < -0.39 is 0 Å². The van der Waals surface area contributed by atoms with Gasteiger partial charge in [-0.2, -0.15) is 0 Å². The zero-order valence-corrected chi connectivity index (χ0v) is 17.2. The molecule has 3 aromatic rings. The Morgan fingerprint density at radius 2 is 2.13 bits per heavy atom. The van der Waals surface area contributed by atoms with Crippen molar-refractivity contribution in [3.63, 3.8) is 0 Å². The van der Waals surface area contributed by atoms with Gasteiger partial charge in [-0.3, -0.25) is 4.98 Å². The molecule has 2 aromatic heterocycles. The van der Waals surface area contributed by atoms with Crippen LogP contribution in [-0.2, 0) is 0 Å². The lowest BCUT2D eigenvalue weighted by Gasteiger charge is -2.34. The first-order valence-electron chi connectivity index (χ1n) is 10.4. The number of nitrogens with zero attached hydrogens (tertiary/aromatic N) is 4. The van der Waals surface area contributed by atoms with E-state index in [2.05, 4.69) is 28.7 Å². The van der Waals surface area contributed by atoms with Crippen molar-refractivity contribution in [3.8, 4) is 11.3 Å². The van der Waals surface area contributed by atoms with Gasteiger partial charge in [-0.05, 0) is 49.6 Å². The number of halogens is 1. The number of likely N-dealkylation sites (tertiary alicyclic amines) is 1. The minimum absolute atomic E-state index is 0.215. The van der Waals surface area contributed by atoms with Crippen molar-refractivity contribution in [1.29, 1.82) is 0 Å². The van der Waals surface area contributed by atoms with Gasteiger partial charge >= 0.3 is 0 Å². The van der Waals surface area contributed by atoms with E-state index in [0.29, 0.717) is 11.5 Å². The molecule has 0 saturated carbocycles. The second-order valence-corrected chi connectivity index (χ2v) is 7.58. The van der Waals surface area contributed by atoms with Gasteiger partial charge in [0.2, 0.25) is 0 Å². The van der Waals surface area contributed by atoms with Crippen LogP contribution in [0.2, 0.25) is 0 Å². The topological polar surface area (TPSA) is 53.9 Å². The molecule has 0 aliphatic carbocycles. The van der Waals surface area contributed by atoms with E-state index in [9.17, 15) is 4.39 Å². The van der Waals surface area contributed by atoms with Crippen LogP contribution in [-0.4, -0.2) is 32.9 Å². The molecule has 0 amide bonds. The molecule has 4 rings (SSSR count). The van der Waals surface area contributed by atoms with Crippen LogP contribution in [0.4, 0.5) is 15.9 Å². The fraction of sp³-hybridized carbons (Fsp3) is 0.292. The maximum atomic E-state index is 13.6. The Hall–Kier alpha value is -3.28. The van der Waals surface area contributed by atoms with Crippen molar-refractivity contribution in [2.45, 2.75) is 32.1 Å². The van der Waals surface area contributed by atoms with E-state index in [0.717, 1.165) is 55.1 Å². The van der Waals surface area contributed by atoms with E-state index in [1.54, 1.807) is 18.5 Å². The third kappa shape index (κ3) is 4.64. The lowest BCUT2D eigenvalue weighted by Crippen LogP contribution is -2.34. The van der Waals surface area contributed by atoms with Gasteiger partial charge in [0.15, 0.2) is 0 Å². The molecule has 1 atom stereocenters. The molecular weight excluding hydrogens is 377 g/mol. The molecule has 0 radical (unpaired) electrons. The number of rotatable bonds is 6. The van der Waals surface area contributed by atoms with Crippen molar-refractivity contribution in [1.82, 2.24) is 19.9 Å². The number of piperidine rings is 1. The molecule has 0 bridgehead atoms. The SMILES string of the molecule is C=C(CC)N1CCCC(c2nc(Nc3cccc(F)c3)cc(-c3cccnc3)n2)C1. The van der Waals surface area contributed by atoms with Crippen LogP contribution in [0.3, 0.4) is 0 Å².